The molecule has 292 valence electrons. The average molecular weight is 815 g/mol. The second-order valence-corrected chi connectivity index (χ2v) is 20.8. The van der Waals surface area contributed by atoms with E-state index in [2.05, 4.69) is 240 Å². The van der Waals surface area contributed by atoms with E-state index in [4.69, 9.17) is 0 Å². The van der Waals surface area contributed by atoms with E-state index in [1.807, 2.05) is 0 Å². The molecule has 2 aromatic heterocycles. The van der Waals surface area contributed by atoms with Crippen molar-refractivity contribution in [2.24, 2.45) is 0 Å². The maximum Gasteiger partial charge on any atom is 0.182 e. The van der Waals surface area contributed by atoms with Crippen LogP contribution in [-0.2, 0) is 0 Å². The first-order valence-corrected chi connectivity index (χ1v) is 23.9. The smallest absolute Gasteiger partial charge is 0.182 e. The van der Waals surface area contributed by atoms with Crippen molar-refractivity contribution in [2.75, 3.05) is 0 Å². The summed E-state index contributed by atoms with van der Waals surface area (Å²) in [6.45, 7) is 0. The third kappa shape index (κ3) is 4.66. The van der Waals surface area contributed by atoms with Crippen LogP contribution < -0.4 is 20.7 Å². The topological polar surface area (TPSA) is 9.86 Å². The van der Waals surface area contributed by atoms with Crippen LogP contribution >= 0.6 is 0 Å². The minimum absolute atomic E-state index is 1.14. The number of rotatable bonds is 4. The molecule has 0 fully saturated rings. The molecule has 63 heavy (non-hydrogen) atoms. The highest BCUT2D eigenvalue weighted by Crippen LogP contribution is 2.43. The number of benzene rings is 10. The minimum atomic E-state index is -2.57. The fourth-order valence-corrected chi connectivity index (χ4v) is 17.2. The molecular weight excluding hydrogens is 777 g/mol. The molecule has 0 bridgehead atoms. The molecule has 0 aliphatic carbocycles. The Morgan fingerprint density at radius 3 is 1.30 bits per heavy atom. The molecule has 14 rings (SSSR count). The van der Waals surface area contributed by atoms with E-state index in [-0.39, 0.29) is 0 Å². The van der Waals surface area contributed by atoms with Crippen LogP contribution in [0.4, 0.5) is 0 Å². The zero-order valence-electron chi connectivity index (χ0n) is 34.3. The second-order valence-electron chi connectivity index (χ2n) is 17.2. The van der Waals surface area contributed by atoms with E-state index in [1.165, 1.54) is 109 Å². The van der Waals surface area contributed by atoms with Crippen LogP contribution in [0.2, 0.25) is 0 Å². The van der Waals surface area contributed by atoms with Crippen molar-refractivity contribution in [3.05, 3.63) is 231 Å². The summed E-state index contributed by atoms with van der Waals surface area (Å²) in [7, 11) is -2.57. The van der Waals surface area contributed by atoms with E-state index in [0.29, 0.717) is 0 Å². The normalized spacial score (nSPS) is 13.2. The molecule has 2 aliphatic heterocycles. The van der Waals surface area contributed by atoms with E-state index >= 15 is 0 Å². The standard InChI is InChI=1S/C60H38N2Si/c1-2-15-39(16-3-1)40-29-32-43(33-30-40)61-53-24-9-4-19-45(53)51-35-36-52-46-20-5-10-25-54(46)62(60(52)59(51)61)44-18-14-17-41(37-44)42-31-34-50-49-23-8-13-28-57(49)63(58(50)38-42)55-26-11-6-21-47(55)48-22-7-12-27-56(48)63/h1-38H. The zero-order valence-corrected chi connectivity index (χ0v) is 35.3. The van der Waals surface area contributed by atoms with Crippen molar-refractivity contribution in [3.63, 3.8) is 0 Å². The summed E-state index contributed by atoms with van der Waals surface area (Å²) in [5.74, 6) is 0. The number of fused-ring (bicyclic) bond motifs is 17. The lowest BCUT2D eigenvalue weighted by Crippen LogP contribution is -2.70. The van der Waals surface area contributed by atoms with Gasteiger partial charge in [0.15, 0.2) is 8.07 Å². The van der Waals surface area contributed by atoms with Crippen LogP contribution in [-0.4, -0.2) is 17.2 Å². The Balaban J connectivity index is 1.00. The summed E-state index contributed by atoms with van der Waals surface area (Å²) in [6.07, 6.45) is 0. The number of para-hydroxylation sites is 2. The van der Waals surface area contributed by atoms with Gasteiger partial charge in [0.05, 0.1) is 22.1 Å². The van der Waals surface area contributed by atoms with Crippen LogP contribution in [0.15, 0.2) is 231 Å². The fraction of sp³-hybridized carbons (Fsp3) is 0. The van der Waals surface area contributed by atoms with Gasteiger partial charge in [-0.05, 0) is 102 Å². The largest absolute Gasteiger partial charge is 0.307 e. The minimum Gasteiger partial charge on any atom is -0.307 e. The maximum atomic E-state index is 2.56. The lowest BCUT2D eigenvalue weighted by molar-refractivity contribution is 1.15. The lowest BCUT2D eigenvalue weighted by atomic mass is 10.00. The van der Waals surface area contributed by atoms with Crippen molar-refractivity contribution >= 4 is 72.4 Å². The van der Waals surface area contributed by atoms with E-state index in [1.54, 1.807) is 0 Å². The van der Waals surface area contributed by atoms with E-state index < -0.39 is 8.07 Å². The molecule has 0 N–H and O–H groups in total. The van der Waals surface area contributed by atoms with Crippen molar-refractivity contribution in [2.45, 2.75) is 0 Å². The molecule has 12 aromatic rings. The van der Waals surface area contributed by atoms with Gasteiger partial charge in [-0.2, -0.15) is 0 Å². The summed E-state index contributed by atoms with van der Waals surface area (Å²) < 4.78 is 5.01. The lowest BCUT2D eigenvalue weighted by Gasteiger charge is -2.28. The van der Waals surface area contributed by atoms with Crippen molar-refractivity contribution in [3.8, 4) is 55.9 Å². The molecule has 2 nitrogen and oxygen atoms in total. The monoisotopic (exact) mass is 814 g/mol. The van der Waals surface area contributed by atoms with Crippen LogP contribution in [0.5, 0.6) is 0 Å². The summed E-state index contributed by atoms with van der Waals surface area (Å²) in [6, 6.07) is 86.4. The Morgan fingerprint density at radius 2 is 0.698 bits per heavy atom. The van der Waals surface area contributed by atoms with Crippen LogP contribution in [0, 0.1) is 0 Å². The number of hydrogen-bond donors (Lipinski definition) is 0. The Hall–Kier alpha value is -7.98. The predicted molar refractivity (Wildman–Crippen MR) is 268 cm³/mol. The molecule has 4 heterocycles. The van der Waals surface area contributed by atoms with Gasteiger partial charge < -0.3 is 9.13 Å². The summed E-state index contributed by atoms with van der Waals surface area (Å²) in [5, 5.41) is 11.0. The van der Waals surface area contributed by atoms with E-state index in [0.717, 1.165) is 11.4 Å². The maximum absolute atomic E-state index is 2.57. The van der Waals surface area contributed by atoms with Gasteiger partial charge in [-0.3, -0.25) is 0 Å². The predicted octanol–water partition coefficient (Wildman–Crippen LogP) is 12.6. The highest BCUT2D eigenvalue weighted by molar-refractivity contribution is 7.24. The summed E-state index contributed by atoms with van der Waals surface area (Å²) in [5.41, 5.74) is 17.5. The van der Waals surface area contributed by atoms with Crippen molar-refractivity contribution < 1.29 is 0 Å². The third-order valence-corrected chi connectivity index (χ3v) is 19.1. The Morgan fingerprint density at radius 1 is 0.254 bits per heavy atom. The van der Waals surface area contributed by atoms with Gasteiger partial charge in [0.2, 0.25) is 0 Å². The quantitative estimate of drug-likeness (QED) is 0.157. The molecule has 0 saturated heterocycles. The van der Waals surface area contributed by atoms with Crippen LogP contribution in [0.25, 0.3) is 99.5 Å². The molecule has 3 heteroatoms. The highest BCUT2D eigenvalue weighted by Gasteiger charge is 2.53. The number of hydrogen-bond acceptors (Lipinski definition) is 0. The molecule has 0 atom stereocenters. The van der Waals surface area contributed by atoms with Gasteiger partial charge in [0.25, 0.3) is 0 Å². The fourth-order valence-electron chi connectivity index (χ4n) is 11.6. The molecule has 0 saturated carbocycles. The van der Waals surface area contributed by atoms with Gasteiger partial charge >= 0.3 is 0 Å². The second kappa shape index (κ2) is 13.0. The van der Waals surface area contributed by atoms with Crippen LogP contribution in [0.1, 0.15) is 0 Å². The molecule has 0 unspecified atom stereocenters. The van der Waals surface area contributed by atoms with E-state index in [9.17, 15) is 0 Å². The summed E-state index contributed by atoms with van der Waals surface area (Å²) >= 11 is 0. The van der Waals surface area contributed by atoms with Crippen molar-refractivity contribution in [1.29, 1.82) is 0 Å². The van der Waals surface area contributed by atoms with Gasteiger partial charge in [-0.1, -0.05) is 194 Å². The Kier molecular flexibility index (Phi) is 7.17. The molecule has 2 aliphatic rings. The number of nitrogens with zero attached hydrogens (tertiary/aromatic N) is 2. The number of aromatic nitrogens is 2. The Bertz CT molecular complexity index is 3790. The van der Waals surface area contributed by atoms with Gasteiger partial charge in [0, 0.05) is 32.9 Å². The molecule has 0 amide bonds. The third-order valence-electron chi connectivity index (χ3n) is 14.1. The molecule has 1 spiro atoms. The molecule has 0 radical (unpaired) electrons. The first kappa shape index (κ1) is 34.7. The SMILES string of the molecule is c1ccc(-c2ccc(-n3c4ccccc4c4ccc5c6ccccc6n(-c6cccc(-c7ccc8c(c7)[Si]7(c9ccccc9-c9ccccc97)c7ccccc7-8)c6)c5c43)cc2)cc1. The summed E-state index contributed by atoms with van der Waals surface area (Å²) in [4.78, 5) is 0. The average Bonchev–Trinajstić information content (AvgIpc) is 4.06. The first-order chi connectivity index (χ1) is 31.3. The van der Waals surface area contributed by atoms with Crippen LogP contribution in [0.3, 0.4) is 0 Å². The van der Waals surface area contributed by atoms with Crippen molar-refractivity contribution in [1.82, 2.24) is 9.13 Å². The van der Waals surface area contributed by atoms with Gasteiger partial charge in [-0.15, -0.1) is 0 Å². The zero-order chi connectivity index (χ0) is 41.2. The molecule has 10 aromatic carbocycles. The first-order valence-electron chi connectivity index (χ1n) is 21.9. The molecular formula is C60H38N2Si. The highest BCUT2D eigenvalue weighted by atomic mass is 28.3. The Labute approximate surface area is 366 Å². The van der Waals surface area contributed by atoms with Gasteiger partial charge in [-0.25, -0.2) is 0 Å². The van der Waals surface area contributed by atoms with Gasteiger partial charge in [0.1, 0.15) is 0 Å².